The van der Waals surface area contributed by atoms with Crippen LogP contribution in [0.15, 0.2) is 30.3 Å². The maximum absolute atomic E-state index is 6.05. The van der Waals surface area contributed by atoms with Gasteiger partial charge in [0.2, 0.25) is 0 Å². The van der Waals surface area contributed by atoms with Gasteiger partial charge in [0, 0.05) is 5.69 Å². The highest BCUT2D eigenvalue weighted by atomic mass is 35.5. The zero-order chi connectivity index (χ0) is 13.3. The Labute approximate surface area is 120 Å². The van der Waals surface area contributed by atoms with Gasteiger partial charge in [0.15, 0.2) is 5.75 Å². The first-order chi connectivity index (χ1) is 8.47. The molecule has 0 heterocycles. The molecular weight excluding hydrogens is 293 g/mol. The Kier molecular flexibility index (Phi) is 3.91. The average molecular weight is 303 g/mol. The average Bonchev–Trinajstić information content (AvgIpc) is 2.28. The number of halogens is 3. The minimum atomic E-state index is 0.345. The standard InChI is InChI=1S/C13H10Cl3NO/c1-7-2-3-9(14)12(4-7)18-13-10(15)5-8(17)6-11(13)16/h2-6H,17H2,1H3. The molecule has 2 aromatic rings. The van der Waals surface area contributed by atoms with Gasteiger partial charge in [-0.2, -0.15) is 0 Å². The lowest BCUT2D eigenvalue weighted by Gasteiger charge is -2.12. The van der Waals surface area contributed by atoms with Crippen molar-refractivity contribution in [1.82, 2.24) is 0 Å². The van der Waals surface area contributed by atoms with Crippen LogP contribution in [0.25, 0.3) is 0 Å². The monoisotopic (exact) mass is 301 g/mol. The van der Waals surface area contributed by atoms with E-state index in [1.807, 2.05) is 19.1 Å². The lowest BCUT2D eigenvalue weighted by Crippen LogP contribution is -1.91. The maximum atomic E-state index is 6.05. The third-order valence-corrected chi connectivity index (χ3v) is 3.19. The molecule has 0 unspecified atom stereocenters. The molecule has 18 heavy (non-hydrogen) atoms. The molecule has 94 valence electrons. The van der Waals surface area contributed by atoms with E-state index in [1.54, 1.807) is 18.2 Å². The van der Waals surface area contributed by atoms with Crippen LogP contribution >= 0.6 is 34.8 Å². The minimum absolute atomic E-state index is 0.345. The summed E-state index contributed by atoms with van der Waals surface area (Å²) in [5.41, 5.74) is 7.13. The quantitative estimate of drug-likeness (QED) is 0.761. The molecule has 5 heteroatoms. The molecule has 2 nitrogen and oxygen atoms in total. The molecular formula is C13H10Cl3NO. The number of ether oxygens (including phenoxy) is 1. The molecule has 0 aliphatic rings. The van der Waals surface area contributed by atoms with Gasteiger partial charge in [-0.1, -0.05) is 40.9 Å². The summed E-state index contributed by atoms with van der Waals surface area (Å²) in [7, 11) is 0. The Morgan fingerprint density at radius 1 is 0.944 bits per heavy atom. The molecule has 0 saturated carbocycles. The highest BCUT2D eigenvalue weighted by Crippen LogP contribution is 2.40. The van der Waals surface area contributed by atoms with E-state index in [0.717, 1.165) is 5.56 Å². The smallest absolute Gasteiger partial charge is 0.164 e. The van der Waals surface area contributed by atoms with Crippen LogP contribution in [0.4, 0.5) is 5.69 Å². The van der Waals surface area contributed by atoms with E-state index in [9.17, 15) is 0 Å². The lowest BCUT2D eigenvalue weighted by atomic mass is 10.2. The number of rotatable bonds is 2. The van der Waals surface area contributed by atoms with E-state index in [1.165, 1.54) is 0 Å². The number of hydrogen-bond donors (Lipinski definition) is 1. The maximum Gasteiger partial charge on any atom is 0.164 e. The molecule has 0 bridgehead atoms. The Morgan fingerprint density at radius 3 is 2.17 bits per heavy atom. The van der Waals surface area contributed by atoms with Gasteiger partial charge in [0.05, 0.1) is 15.1 Å². The van der Waals surface area contributed by atoms with Crippen LogP contribution in [0.2, 0.25) is 15.1 Å². The SMILES string of the molecule is Cc1ccc(Cl)c(Oc2c(Cl)cc(N)cc2Cl)c1. The summed E-state index contributed by atoms with van der Waals surface area (Å²) in [5.74, 6) is 0.852. The first-order valence-electron chi connectivity index (χ1n) is 5.16. The second-order valence-electron chi connectivity index (χ2n) is 3.85. The molecule has 0 radical (unpaired) electrons. The molecule has 0 amide bonds. The molecule has 2 aromatic carbocycles. The largest absolute Gasteiger partial charge is 0.453 e. The van der Waals surface area contributed by atoms with Gasteiger partial charge < -0.3 is 10.5 Å². The number of anilines is 1. The normalized spacial score (nSPS) is 10.4. The van der Waals surface area contributed by atoms with Crippen LogP contribution in [0.5, 0.6) is 11.5 Å². The van der Waals surface area contributed by atoms with Gasteiger partial charge in [-0.25, -0.2) is 0 Å². The van der Waals surface area contributed by atoms with Crippen LogP contribution in [0, 0.1) is 6.92 Å². The summed E-state index contributed by atoms with van der Waals surface area (Å²) in [6.07, 6.45) is 0. The second-order valence-corrected chi connectivity index (χ2v) is 5.07. The van der Waals surface area contributed by atoms with E-state index < -0.39 is 0 Å². The molecule has 0 aromatic heterocycles. The molecule has 2 N–H and O–H groups in total. The van der Waals surface area contributed by atoms with Gasteiger partial charge >= 0.3 is 0 Å². The van der Waals surface area contributed by atoms with Crippen LogP contribution in [0.1, 0.15) is 5.56 Å². The van der Waals surface area contributed by atoms with Crippen LogP contribution in [-0.2, 0) is 0 Å². The topological polar surface area (TPSA) is 35.2 Å². The van der Waals surface area contributed by atoms with Crippen molar-refractivity contribution < 1.29 is 4.74 Å². The summed E-state index contributed by atoms with van der Waals surface area (Å²) in [6.45, 7) is 1.94. The Hall–Kier alpha value is -1.09. The Bertz CT molecular complexity index is 576. The van der Waals surface area contributed by atoms with Crippen LogP contribution < -0.4 is 10.5 Å². The zero-order valence-corrected chi connectivity index (χ0v) is 11.8. The summed E-state index contributed by atoms with van der Waals surface area (Å²) in [5, 5.41) is 1.18. The second kappa shape index (κ2) is 5.27. The van der Waals surface area contributed by atoms with Gasteiger partial charge in [0.25, 0.3) is 0 Å². The number of nitrogen functional groups attached to an aromatic ring is 1. The summed E-state index contributed by atoms with van der Waals surface area (Å²) in [4.78, 5) is 0. The predicted molar refractivity (Wildman–Crippen MR) is 77.1 cm³/mol. The van der Waals surface area contributed by atoms with Crippen molar-refractivity contribution in [1.29, 1.82) is 0 Å². The van der Waals surface area contributed by atoms with E-state index >= 15 is 0 Å². The zero-order valence-electron chi connectivity index (χ0n) is 9.51. The van der Waals surface area contributed by atoms with E-state index in [2.05, 4.69) is 0 Å². The van der Waals surface area contributed by atoms with Crippen molar-refractivity contribution in [3.8, 4) is 11.5 Å². The molecule has 0 aliphatic carbocycles. The fourth-order valence-electron chi connectivity index (χ4n) is 1.48. The lowest BCUT2D eigenvalue weighted by molar-refractivity contribution is 0.483. The first-order valence-corrected chi connectivity index (χ1v) is 6.29. The number of nitrogens with two attached hydrogens (primary N) is 1. The number of aryl methyl sites for hydroxylation is 1. The van der Waals surface area contributed by atoms with Crippen molar-refractivity contribution in [3.63, 3.8) is 0 Å². The molecule has 0 spiro atoms. The van der Waals surface area contributed by atoms with Crippen molar-refractivity contribution in [2.75, 3.05) is 5.73 Å². The summed E-state index contributed by atoms with van der Waals surface area (Å²) in [6, 6.07) is 8.61. The van der Waals surface area contributed by atoms with Gasteiger partial charge in [0.1, 0.15) is 5.75 Å². The van der Waals surface area contributed by atoms with E-state index in [4.69, 9.17) is 45.3 Å². The summed E-state index contributed by atoms with van der Waals surface area (Å²) >= 11 is 18.1. The van der Waals surface area contributed by atoms with Crippen molar-refractivity contribution in [2.24, 2.45) is 0 Å². The predicted octanol–water partition coefficient (Wildman–Crippen LogP) is 5.33. The van der Waals surface area contributed by atoms with Crippen LogP contribution in [0.3, 0.4) is 0 Å². The highest BCUT2D eigenvalue weighted by molar-refractivity contribution is 6.37. The first kappa shape index (κ1) is 13.3. The van der Waals surface area contributed by atoms with Gasteiger partial charge in [-0.05, 0) is 36.8 Å². The molecule has 0 fully saturated rings. The number of benzene rings is 2. The molecule has 0 atom stereocenters. The minimum Gasteiger partial charge on any atom is -0.453 e. The van der Waals surface area contributed by atoms with Crippen molar-refractivity contribution >= 4 is 40.5 Å². The molecule has 2 rings (SSSR count). The van der Waals surface area contributed by atoms with Gasteiger partial charge in [-0.3, -0.25) is 0 Å². The van der Waals surface area contributed by atoms with Gasteiger partial charge in [-0.15, -0.1) is 0 Å². The van der Waals surface area contributed by atoms with E-state index in [-0.39, 0.29) is 0 Å². The highest BCUT2D eigenvalue weighted by Gasteiger charge is 2.12. The van der Waals surface area contributed by atoms with E-state index in [0.29, 0.717) is 32.3 Å². The number of hydrogen-bond acceptors (Lipinski definition) is 2. The third-order valence-electron chi connectivity index (χ3n) is 2.32. The summed E-state index contributed by atoms with van der Waals surface area (Å²) < 4.78 is 5.66. The fourth-order valence-corrected chi connectivity index (χ4v) is 2.21. The Morgan fingerprint density at radius 2 is 1.56 bits per heavy atom. The third kappa shape index (κ3) is 2.83. The molecule has 0 aliphatic heterocycles. The Balaban J connectivity index is 2.43. The van der Waals surface area contributed by atoms with Crippen LogP contribution in [-0.4, -0.2) is 0 Å². The van der Waals surface area contributed by atoms with Crippen molar-refractivity contribution in [2.45, 2.75) is 6.92 Å². The fraction of sp³-hybridized carbons (Fsp3) is 0.0769. The molecule has 0 saturated heterocycles. The van der Waals surface area contributed by atoms with Crippen molar-refractivity contribution in [3.05, 3.63) is 51.0 Å².